The third kappa shape index (κ3) is 3.24. The van der Waals surface area contributed by atoms with Crippen LogP contribution in [0.25, 0.3) is 10.8 Å². The van der Waals surface area contributed by atoms with Gasteiger partial charge in [0, 0.05) is 16.5 Å². The van der Waals surface area contributed by atoms with Crippen molar-refractivity contribution in [3.05, 3.63) is 47.5 Å². The van der Waals surface area contributed by atoms with Gasteiger partial charge in [-0.25, -0.2) is 8.42 Å². The molecule has 2 aromatic carbocycles. The van der Waals surface area contributed by atoms with Crippen molar-refractivity contribution in [1.29, 1.82) is 0 Å². The molecule has 2 aliphatic heterocycles. The molecular formula is C19H22N3O4S+. The number of carbonyl (C=O) groups excluding carboxylic acids is 2. The summed E-state index contributed by atoms with van der Waals surface area (Å²) in [5, 5.41) is 1.63. The summed E-state index contributed by atoms with van der Waals surface area (Å²) in [6.07, 6.45) is 1.22. The lowest BCUT2D eigenvalue weighted by atomic mass is 9.94. The van der Waals surface area contributed by atoms with Gasteiger partial charge in [0.05, 0.1) is 45.5 Å². The van der Waals surface area contributed by atoms with Crippen molar-refractivity contribution in [2.45, 2.75) is 0 Å². The van der Waals surface area contributed by atoms with Crippen LogP contribution in [0.1, 0.15) is 20.7 Å². The summed E-state index contributed by atoms with van der Waals surface area (Å²) in [4.78, 5) is 28.3. The maximum Gasteiger partial charge on any atom is 0.261 e. The van der Waals surface area contributed by atoms with Crippen molar-refractivity contribution >= 4 is 32.6 Å². The molecule has 2 aliphatic rings. The lowest BCUT2D eigenvalue weighted by Crippen LogP contribution is -3.15. The standard InChI is InChI=1S/C19H21N3O4S/c1-27(25,26)21-11-8-20(9-12-21)10-13-22-18(23)15-6-2-4-14-5-3-7-16(17(14)15)19(22)24/h2-7H,8-13H2,1H3/p+1. The molecule has 2 heterocycles. The lowest BCUT2D eigenvalue weighted by Gasteiger charge is -2.32. The van der Waals surface area contributed by atoms with Gasteiger partial charge < -0.3 is 4.90 Å². The van der Waals surface area contributed by atoms with Gasteiger partial charge >= 0.3 is 0 Å². The average Bonchev–Trinajstić information content (AvgIpc) is 2.65. The number of rotatable bonds is 4. The summed E-state index contributed by atoms with van der Waals surface area (Å²) in [5.74, 6) is -0.503. The highest BCUT2D eigenvalue weighted by atomic mass is 32.2. The zero-order valence-corrected chi connectivity index (χ0v) is 16.0. The Balaban J connectivity index is 1.48. The Hall–Kier alpha value is -2.29. The molecule has 7 nitrogen and oxygen atoms in total. The number of piperazine rings is 1. The predicted molar refractivity (Wildman–Crippen MR) is 101 cm³/mol. The van der Waals surface area contributed by atoms with Crippen LogP contribution in [0.3, 0.4) is 0 Å². The zero-order chi connectivity index (χ0) is 19.2. The fourth-order valence-corrected chi connectivity index (χ4v) is 4.78. The molecule has 0 radical (unpaired) electrons. The van der Waals surface area contributed by atoms with E-state index in [0.29, 0.717) is 50.4 Å². The van der Waals surface area contributed by atoms with Crippen molar-refractivity contribution in [1.82, 2.24) is 9.21 Å². The molecule has 2 amide bonds. The van der Waals surface area contributed by atoms with Gasteiger partial charge in [0.2, 0.25) is 10.0 Å². The van der Waals surface area contributed by atoms with Gasteiger partial charge in [-0.15, -0.1) is 0 Å². The Kier molecular flexibility index (Phi) is 4.49. The van der Waals surface area contributed by atoms with E-state index in [-0.39, 0.29) is 11.8 Å². The number of benzene rings is 2. The van der Waals surface area contributed by atoms with Gasteiger partial charge in [-0.05, 0) is 17.5 Å². The maximum absolute atomic E-state index is 12.9. The molecule has 8 heteroatoms. The third-order valence-corrected chi connectivity index (χ3v) is 6.75. The molecule has 0 aliphatic carbocycles. The molecule has 1 saturated heterocycles. The molecule has 0 bridgehead atoms. The van der Waals surface area contributed by atoms with Crippen molar-refractivity contribution in [2.24, 2.45) is 0 Å². The summed E-state index contributed by atoms with van der Waals surface area (Å²) < 4.78 is 24.7. The first-order chi connectivity index (χ1) is 12.9. The van der Waals surface area contributed by atoms with Crippen LogP contribution in [0.2, 0.25) is 0 Å². The van der Waals surface area contributed by atoms with E-state index >= 15 is 0 Å². The SMILES string of the molecule is CS(=O)(=O)N1CC[NH+](CCN2C(=O)c3cccc4cccc(c34)C2=O)CC1. The molecule has 2 aromatic rings. The highest BCUT2D eigenvalue weighted by Gasteiger charge is 2.34. The Bertz CT molecular complexity index is 976. The first-order valence-corrected chi connectivity index (χ1v) is 10.9. The van der Waals surface area contributed by atoms with Crippen LogP contribution < -0.4 is 4.90 Å². The molecule has 1 fully saturated rings. The van der Waals surface area contributed by atoms with Crippen molar-refractivity contribution < 1.29 is 22.9 Å². The van der Waals surface area contributed by atoms with Crippen LogP contribution in [0.4, 0.5) is 0 Å². The molecule has 4 rings (SSSR count). The van der Waals surface area contributed by atoms with Gasteiger partial charge in [0.15, 0.2) is 0 Å². The highest BCUT2D eigenvalue weighted by Crippen LogP contribution is 2.29. The van der Waals surface area contributed by atoms with E-state index in [1.54, 1.807) is 12.1 Å². The number of amides is 2. The molecular weight excluding hydrogens is 366 g/mol. The van der Waals surface area contributed by atoms with Crippen molar-refractivity contribution in [3.8, 4) is 0 Å². The number of sulfonamides is 1. The number of imide groups is 1. The number of quaternary nitrogens is 1. The predicted octanol–water partition coefficient (Wildman–Crippen LogP) is -0.404. The largest absolute Gasteiger partial charge is 0.331 e. The van der Waals surface area contributed by atoms with Gasteiger partial charge in [0.1, 0.15) is 0 Å². The van der Waals surface area contributed by atoms with E-state index in [0.717, 1.165) is 10.8 Å². The first kappa shape index (κ1) is 18.1. The summed E-state index contributed by atoms with van der Waals surface area (Å²) in [5.41, 5.74) is 1.14. The number of carbonyl (C=O) groups is 2. The maximum atomic E-state index is 12.9. The van der Waals surface area contributed by atoms with Crippen molar-refractivity contribution in [2.75, 3.05) is 45.5 Å². The van der Waals surface area contributed by atoms with Crippen LogP contribution in [0, 0.1) is 0 Å². The normalized spacial score (nSPS) is 19.1. The summed E-state index contributed by atoms with van der Waals surface area (Å²) in [6, 6.07) is 11.0. The molecule has 0 saturated carbocycles. The molecule has 0 aromatic heterocycles. The monoisotopic (exact) mass is 388 g/mol. The van der Waals surface area contributed by atoms with Gasteiger partial charge in [0.25, 0.3) is 11.8 Å². The number of hydrogen-bond acceptors (Lipinski definition) is 4. The molecule has 27 heavy (non-hydrogen) atoms. The van der Waals surface area contributed by atoms with Crippen molar-refractivity contribution in [3.63, 3.8) is 0 Å². The summed E-state index contributed by atoms with van der Waals surface area (Å²) in [7, 11) is -3.16. The first-order valence-electron chi connectivity index (χ1n) is 9.03. The van der Waals surface area contributed by atoms with Gasteiger partial charge in [-0.1, -0.05) is 24.3 Å². The fourth-order valence-electron chi connectivity index (χ4n) is 3.94. The van der Waals surface area contributed by atoms with Crippen LogP contribution in [0.15, 0.2) is 36.4 Å². The molecule has 0 unspecified atom stereocenters. The molecule has 142 valence electrons. The number of hydrogen-bond donors (Lipinski definition) is 1. The molecule has 0 atom stereocenters. The van der Waals surface area contributed by atoms with E-state index < -0.39 is 10.0 Å². The van der Waals surface area contributed by atoms with E-state index in [1.807, 2.05) is 24.3 Å². The third-order valence-electron chi connectivity index (χ3n) is 5.44. The minimum Gasteiger partial charge on any atom is -0.331 e. The molecule has 0 spiro atoms. The Morgan fingerprint density at radius 2 is 1.52 bits per heavy atom. The second kappa shape index (κ2) is 6.70. The Morgan fingerprint density at radius 1 is 0.963 bits per heavy atom. The minimum absolute atomic E-state index is 0.251. The topological polar surface area (TPSA) is 79.2 Å². The van der Waals surface area contributed by atoms with Crippen LogP contribution >= 0.6 is 0 Å². The quantitative estimate of drug-likeness (QED) is 0.723. The van der Waals surface area contributed by atoms with Crippen LogP contribution in [-0.2, 0) is 10.0 Å². The Labute approximate surface area is 158 Å². The summed E-state index contributed by atoms with van der Waals surface area (Å²) >= 11 is 0. The van der Waals surface area contributed by atoms with E-state index in [9.17, 15) is 18.0 Å². The van der Waals surface area contributed by atoms with E-state index in [4.69, 9.17) is 0 Å². The lowest BCUT2D eigenvalue weighted by molar-refractivity contribution is -0.902. The second-order valence-electron chi connectivity index (χ2n) is 7.13. The number of nitrogens with one attached hydrogen (secondary N) is 1. The van der Waals surface area contributed by atoms with Crippen LogP contribution in [0.5, 0.6) is 0 Å². The summed E-state index contributed by atoms with van der Waals surface area (Å²) in [6.45, 7) is 3.24. The Morgan fingerprint density at radius 3 is 2.04 bits per heavy atom. The van der Waals surface area contributed by atoms with E-state index in [2.05, 4.69) is 0 Å². The highest BCUT2D eigenvalue weighted by molar-refractivity contribution is 7.88. The average molecular weight is 388 g/mol. The van der Waals surface area contributed by atoms with E-state index in [1.165, 1.54) is 20.4 Å². The van der Waals surface area contributed by atoms with Gasteiger partial charge in [-0.3, -0.25) is 14.5 Å². The number of nitrogens with zero attached hydrogens (tertiary/aromatic N) is 2. The van der Waals surface area contributed by atoms with Gasteiger partial charge in [-0.2, -0.15) is 4.31 Å². The fraction of sp³-hybridized carbons (Fsp3) is 0.368. The molecule has 1 N–H and O–H groups in total. The minimum atomic E-state index is -3.16. The smallest absolute Gasteiger partial charge is 0.261 e. The second-order valence-corrected chi connectivity index (χ2v) is 9.12. The van der Waals surface area contributed by atoms with Crippen LogP contribution in [-0.4, -0.2) is 75.0 Å². The zero-order valence-electron chi connectivity index (χ0n) is 15.1.